The summed E-state index contributed by atoms with van der Waals surface area (Å²) in [5.74, 6) is 0. The van der Waals surface area contributed by atoms with Crippen molar-refractivity contribution in [1.82, 2.24) is 0 Å². The van der Waals surface area contributed by atoms with Crippen LogP contribution in [-0.4, -0.2) is 0 Å². The van der Waals surface area contributed by atoms with Gasteiger partial charge in [0.15, 0.2) is 0 Å². The van der Waals surface area contributed by atoms with E-state index >= 15 is 0 Å². The van der Waals surface area contributed by atoms with Crippen molar-refractivity contribution in [1.29, 1.82) is 0 Å². The average molecular weight is 227 g/mol. The Morgan fingerprint density at radius 1 is 0.200 bits per heavy atom. The quantitative estimate of drug-likeness (QED) is 0.395. The first kappa shape index (κ1) is 60.0. The predicted octanol–water partition coefficient (Wildman–Crippen LogP) is 7.82. The number of hydrogen-bond donors (Lipinski definition) is 0. The standard InChI is InChI=1S/7C2H6.CH4/c7*1-2;/h7*1-2H3;1H4. The molecule has 0 aromatic heterocycles. The maximum absolute atomic E-state index is 2.00. The second-order valence-electron chi connectivity index (χ2n) is 0. The van der Waals surface area contributed by atoms with Crippen LogP contribution in [0.2, 0.25) is 0 Å². The van der Waals surface area contributed by atoms with Crippen LogP contribution < -0.4 is 0 Å². The van der Waals surface area contributed by atoms with Crippen LogP contribution in [-0.2, 0) is 0 Å². The van der Waals surface area contributed by atoms with E-state index in [4.69, 9.17) is 0 Å². The highest BCUT2D eigenvalue weighted by molar-refractivity contribution is 3.52. The van der Waals surface area contributed by atoms with Crippen LogP contribution >= 0.6 is 0 Å². The van der Waals surface area contributed by atoms with E-state index < -0.39 is 0 Å². The molecular formula is C15H46. The summed E-state index contributed by atoms with van der Waals surface area (Å²) in [6.07, 6.45) is 0. The average Bonchev–Trinajstić information content (AvgIpc) is 2.45. The topological polar surface area (TPSA) is 0 Å². The maximum Gasteiger partial charge on any atom is -0.0683 e. The van der Waals surface area contributed by atoms with Gasteiger partial charge in [0.05, 0.1) is 0 Å². The fraction of sp³-hybridized carbons (Fsp3) is 1.00. The van der Waals surface area contributed by atoms with Crippen molar-refractivity contribution in [3.63, 3.8) is 0 Å². The zero-order chi connectivity index (χ0) is 14.0. The van der Waals surface area contributed by atoms with E-state index in [-0.39, 0.29) is 7.43 Å². The molecule has 0 atom stereocenters. The van der Waals surface area contributed by atoms with E-state index in [0.717, 1.165) is 0 Å². The molecule has 0 aliphatic carbocycles. The van der Waals surface area contributed by atoms with Gasteiger partial charge in [-0.15, -0.1) is 0 Å². The predicted molar refractivity (Wildman–Crippen MR) is 86.2 cm³/mol. The van der Waals surface area contributed by atoms with Gasteiger partial charge in [0, 0.05) is 0 Å². The summed E-state index contributed by atoms with van der Waals surface area (Å²) in [6.45, 7) is 28.0. The summed E-state index contributed by atoms with van der Waals surface area (Å²) in [5, 5.41) is 0. The van der Waals surface area contributed by atoms with Gasteiger partial charge >= 0.3 is 0 Å². The van der Waals surface area contributed by atoms with Crippen LogP contribution in [0.25, 0.3) is 0 Å². The van der Waals surface area contributed by atoms with Gasteiger partial charge in [-0.25, -0.2) is 0 Å². The van der Waals surface area contributed by atoms with Crippen LogP contribution in [0.4, 0.5) is 0 Å². The molecule has 0 fully saturated rings. The van der Waals surface area contributed by atoms with Gasteiger partial charge < -0.3 is 0 Å². The van der Waals surface area contributed by atoms with Gasteiger partial charge in [0.25, 0.3) is 0 Å². The lowest BCUT2D eigenvalue weighted by molar-refractivity contribution is 1.50. The van der Waals surface area contributed by atoms with E-state index in [2.05, 4.69) is 0 Å². The Hall–Kier alpha value is 0. The van der Waals surface area contributed by atoms with Crippen molar-refractivity contribution in [2.75, 3.05) is 0 Å². The molecule has 0 spiro atoms. The molecule has 0 saturated heterocycles. The molecular weight excluding hydrogens is 180 g/mol. The molecule has 15 heavy (non-hydrogen) atoms. The maximum atomic E-state index is 2.00. The van der Waals surface area contributed by atoms with Gasteiger partial charge in [-0.1, -0.05) is 104 Å². The van der Waals surface area contributed by atoms with Gasteiger partial charge in [0.2, 0.25) is 0 Å². The summed E-state index contributed by atoms with van der Waals surface area (Å²) >= 11 is 0. The van der Waals surface area contributed by atoms with Gasteiger partial charge in [-0.3, -0.25) is 0 Å². The first-order valence-corrected chi connectivity index (χ1v) is 7.00. The molecule has 0 rings (SSSR count). The molecule has 0 nitrogen and oxygen atoms in total. The number of rotatable bonds is 0. The molecule has 0 aromatic rings. The van der Waals surface area contributed by atoms with Crippen molar-refractivity contribution in [2.24, 2.45) is 0 Å². The Labute approximate surface area is 105 Å². The molecule has 0 N–H and O–H groups in total. The summed E-state index contributed by atoms with van der Waals surface area (Å²) < 4.78 is 0. The molecule has 0 aromatic carbocycles. The molecule has 0 aliphatic rings. The van der Waals surface area contributed by atoms with E-state index in [1.165, 1.54) is 0 Å². The highest BCUT2D eigenvalue weighted by Gasteiger charge is 0.944. The first-order valence-electron chi connectivity index (χ1n) is 7.00. The van der Waals surface area contributed by atoms with Crippen LogP contribution in [0.3, 0.4) is 0 Å². The molecule has 0 heterocycles. The number of hydrogen-bond acceptors (Lipinski definition) is 0. The molecule has 0 radical (unpaired) electrons. The Kier molecular flexibility index (Phi) is 0. The third-order valence-electron chi connectivity index (χ3n) is 0. The van der Waals surface area contributed by atoms with Crippen molar-refractivity contribution >= 4 is 0 Å². The molecule has 0 unspecified atom stereocenters. The SMILES string of the molecule is C.CC.CC.CC.CC.CC.CC.CC. The van der Waals surface area contributed by atoms with Crippen molar-refractivity contribution < 1.29 is 0 Å². The summed E-state index contributed by atoms with van der Waals surface area (Å²) in [7, 11) is 0. The monoisotopic (exact) mass is 226 g/mol. The Bertz CT molecular complexity index is 0. The van der Waals surface area contributed by atoms with Crippen molar-refractivity contribution in [2.45, 2.75) is 104 Å². The molecule has 0 bridgehead atoms. The van der Waals surface area contributed by atoms with Crippen molar-refractivity contribution in [3.8, 4) is 0 Å². The molecule has 0 amide bonds. The zero-order valence-electron chi connectivity index (χ0n) is 14.0. The zero-order valence-corrected chi connectivity index (χ0v) is 14.0. The minimum atomic E-state index is 0. The summed E-state index contributed by atoms with van der Waals surface area (Å²) in [4.78, 5) is 0. The van der Waals surface area contributed by atoms with Crippen LogP contribution in [0, 0.1) is 0 Å². The van der Waals surface area contributed by atoms with Gasteiger partial charge in [-0.2, -0.15) is 0 Å². The molecule has 106 valence electrons. The second-order valence-corrected chi connectivity index (χ2v) is 0. The second kappa shape index (κ2) is 0. The third-order valence-corrected chi connectivity index (χ3v) is 0. The Morgan fingerprint density at radius 3 is 0.200 bits per heavy atom. The summed E-state index contributed by atoms with van der Waals surface area (Å²) in [5.41, 5.74) is 0. The molecule has 0 aliphatic heterocycles. The lowest BCUT2D eigenvalue weighted by Gasteiger charge is -1.07. The van der Waals surface area contributed by atoms with Crippen molar-refractivity contribution in [3.05, 3.63) is 0 Å². The smallest absolute Gasteiger partial charge is 0.0683 e. The minimum Gasteiger partial charge on any atom is -0.0776 e. The molecule has 0 heteroatoms. The minimum absolute atomic E-state index is 0. The Morgan fingerprint density at radius 2 is 0.200 bits per heavy atom. The largest absolute Gasteiger partial charge is 0.0776 e. The fourth-order valence-corrected chi connectivity index (χ4v) is 0. The van der Waals surface area contributed by atoms with Crippen LogP contribution in [0.15, 0.2) is 0 Å². The fourth-order valence-electron chi connectivity index (χ4n) is 0. The highest BCUT2D eigenvalue weighted by atomic mass is 13.0. The molecule has 0 saturated carbocycles. The van der Waals surface area contributed by atoms with Crippen LogP contribution in [0.5, 0.6) is 0 Å². The van der Waals surface area contributed by atoms with E-state index in [1.807, 2.05) is 96.9 Å². The summed E-state index contributed by atoms with van der Waals surface area (Å²) in [6, 6.07) is 0. The third kappa shape index (κ3) is 0. The normalized spacial score (nSPS) is 2.80. The first-order chi connectivity index (χ1) is 7.00. The van der Waals surface area contributed by atoms with E-state index in [1.54, 1.807) is 0 Å². The van der Waals surface area contributed by atoms with Gasteiger partial charge in [-0.05, 0) is 0 Å². The Balaban J connectivity index is -0.00000000628. The lowest BCUT2D eigenvalue weighted by Crippen LogP contribution is -0.856. The van der Waals surface area contributed by atoms with E-state index in [0.29, 0.717) is 0 Å². The highest BCUT2D eigenvalue weighted by Crippen LogP contribution is 1.16. The van der Waals surface area contributed by atoms with Gasteiger partial charge in [0.1, 0.15) is 0 Å². The van der Waals surface area contributed by atoms with E-state index in [9.17, 15) is 0 Å². The van der Waals surface area contributed by atoms with Crippen LogP contribution in [0.1, 0.15) is 104 Å². The lowest BCUT2D eigenvalue weighted by atomic mass is 11.0.